The molecule has 0 aliphatic rings. The third-order valence-corrected chi connectivity index (χ3v) is 7.87. The molecule has 26 heavy (non-hydrogen) atoms. The number of carbonyl (C=O) groups is 1. The van der Waals surface area contributed by atoms with Gasteiger partial charge in [-0.05, 0) is 12.0 Å². The zero-order valence-electron chi connectivity index (χ0n) is 14.6. The van der Waals surface area contributed by atoms with Gasteiger partial charge in [0.2, 0.25) is 0 Å². The predicted octanol–water partition coefficient (Wildman–Crippen LogP) is 3.78. The highest BCUT2D eigenvalue weighted by Crippen LogP contribution is 2.50. The molecular weight excluding hydrogens is 343 g/mol. The molecule has 0 amide bonds. The van der Waals surface area contributed by atoms with Crippen molar-refractivity contribution in [1.82, 2.24) is 0 Å². The average molecular weight is 364 g/mol. The summed E-state index contributed by atoms with van der Waals surface area (Å²) in [6.07, 6.45) is 0.356. The summed E-state index contributed by atoms with van der Waals surface area (Å²) in [5.74, 6) is -0.454. The molecule has 132 valence electrons. The molecule has 3 aromatic rings. The normalized spacial score (nSPS) is 12.3. The van der Waals surface area contributed by atoms with Gasteiger partial charge in [-0.1, -0.05) is 91.0 Å². The Bertz CT molecular complexity index is 849. The van der Waals surface area contributed by atoms with Crippen molar-refractivity contribution in [3.05, 3.63) is 96.6 Å². The molecule has 0 aliphatic heterocycles. The number of esters is 1. The fraction of sp³-hybridized carbons (Fsp3) is 0.136. The Morgan fingerprint density at radius 1 is 0.808 bits per heavy atom. The van der Waals surface area contributed by atoms with Gasteiger partial charge < -0.3 is 9.30 Å². The molecule has 1 atom stereocenters. The van der Waals surface area contributed by atoms with Crippen LogP contribution in [0.2, 0.25) is 0 Å². The summed E-state index contributed by atoms with van der Waals surface area (Å²) in [5.41, 5.74) is 0.176. The number of methoxy groups -OCH3 is 1. The second kappa shape index (κ2) is 8.16. The van der Waals surface area contributed by atoms with Crippen LogP contribution in [-0.4, -0.2) is 18.7 Å². The smallest absolute Gasteiger partial charge is 0.317 e. The number of hydrogen-bond acceptors (Lipinski definition) is 3. The Kier molecular flexibility index (Phi) is 5.70. The zero-order chi connectivity index (χ0) is 18.4. The molecule has 0 radical (unpaired) electrons. The molecule has 0 saturated heterocycles. The Hall–Kier alpha value is -2.64. The third kappa shape index (κ3) is 3.63. The summed E-state index contributed by atoms with van der Waals surface area (Å²) in [6.45, 7) is 0. The Labute approximate surface area is 154 Å². The van der Waals surface area contributed by atoms with Crippen molar-refractivity contribution in [3.8, 4) is 0 Å². The lowest BCUT2D eigenvalue weighted by Gasteiger charge is -2.27. The molecule has 0 unspecified atom stereocenters. The molecule has 0 bridgehead atoms. The predicted molar refractivity (Wildman–Crippen MR) is 106 cm³/mol. The summed E-state index contributed by atoms with van der Waals surface area (Å²) >= 11 is 0. The summed E-state index contributed by atoms with van der Waals surface area (Å²) in [5, 5.41) is 1.33. The highest BCUT2D eigenvalue weighted by molar-refractivity contribution is 7.80. The number of ether oxygens (including phenoxy) is 1. The van der Waals surface area contributed by atoms with Crippen molar-refractivity contribution >= 4 is 23.7 Å². The number of hydrogen-bond donors (Lipinski definition) is 0. The van der Waals surface area contributed by atoms with Gasteiger partial charge in [-0.25, -0.2) is 0 Å². The summed E-state index contributed by atoms with van der Waals surface area (Å²) in [4.78, 5) is 12.7. The molecule has 0 aromatic heterocycles. The van der Waals surface area contributed by atoms with E-state index in [-0.39, 0.29) is 0 Å². The largest absolute Gasteiger partial charge is 0.468 e. The first kappa shape index (κ1) is 18.2. The average Bonchev–Trinajstić information content (AvgIpc) is 2.73. The van der Waals surface area contributed by atoms with Crippen molar-refractivity contribution < 1.29 is 14.1 Å². The van der Waals surface area contributed by atoms with E-state index in [0.717, 1.165) is 5.56 Å². The fourth-order valence-corrected chi connectivity index (χ4v) is 6.26. The first-order valence-electron chi connectivity index (χ1n) is 8.49. The maximum Gasteiger partial charge on any atom is 0.317 e. The molecule has 0 saturated carbocycles. The quantitative estimate of drug-likeness (QED) is 0.494. The molecule has 3 nitrogen and oxygen atoms in total. The highest BCUT2D eigenvalue weighted by Gasteiger charge is 2.42. The number of carbonyl (C=O) groups excluding carboxylic acids is 1. The molecule has 0 spiro atoms. The maximum atomic E-state index is 14.4. The first-order chi connectivity index (χ1) is 12.7. The van der Waals surface area contributed by atoms with Gasteiger partial charge in [0, 0.05) is 10.6 Å². The van der Waals surface area contributed by atoms with Crippen LogP contribution >= 0.6 is 7.14 Å². The standard InChI is InChI=1S/C22H21O3P/c1-25-22(23)21(17-18-11-5-2-6-12-18)26(24,19-13-7-3-8-14-19)20-15-9-4-10-16-20/h2-16,21H,17H2,1H3/t21-/m1/s1. The van der Waals surface area contributed by atoms with Crippen molar-refractivity contribution in [2.45, 2.75) is 12.1 Å². The second-order valence-electron chi connectivity index (χ2n) is 6.06. The van der Waals surface area contributed by atoms with Crippen molar-refractivity contribution in [3.63, 3.8) is 0 Å². The Morgan fingerprint density at radius 3 is 1.65 bits per heavy atom. The van der Waals surface area contributed by atoms with Crippen LogP contribution in [-0.2, 0) is 20.5 Å². The van der Waals surface area contributed by atoms with E-state index in [1.807, 2.05) is 91.0 Å². The van der Waals surface area contributed by atoms with Crippen LogP contribution in [0.1, 0.15) is 5.56 Å². The van der Waals surface area contributed by atoms with Crippen molar-refractivity contribution in [2.75, 3.05) is 7.11 Å². The van der Waals surface area contributed by atoms with Crippen LogP contribution in [0, 0.1) is 0 Å². The molecule has 0 heterocycles. The molecule has 4 heteroatoms. The van der Waals surface area contributed by atoms with Gasteiger partial charge in [0.1, 0.15) is 5.66 Å². The van der Waals surface area contributed by atoms with E-state index in [2.05, 4.69) is 0 Å². The highest BCUT2D eigenvalue weighted by atomic mass is 31.2. The molecule has 0 N–H and O–H groups in total. The first-order valence-corrected chi connectivity index (χ1v) is 10.3. The van der Waals surface area contributed by atoms with E-state index in [1.165, 1.54) is 7.11 Å². The van der Waals surface area contributed by atoms with Crippen molar-refractivity contribution in [2.24, 2.45) is 0 Å². The van der Waals surface area contributed by atoms with Gasteiger partial charge in [0.25, 0.3) is 0 Å². The van der Waals surface area contributed by atoms with Gasteiger partial charge in [0.15, 0.2) is 7.14 Å². The lowest BCUT2D eigenvalue weighted by Crippen LogP contribution is -2.34. The van der Waals surface area contributed by atoms with Crippen LogP contribution in [0.15, 0.2) is 91.0 Å². The fourth-order valence-electron chi connectivity index (χ4n) is 3.14. The van der Waals surface area contributed by atoms with Crippen LogP contribution in [0.25, 0.3) is 0 Å². The molecule has 3 aromatic carbocycles. The zero-order valence-corrected chi connectivity index (χ0v) is 15.5. The lowest BCUT2D eigenvalue weighted by molar-refractivity contribution is -0.140. The van der Waals surface area contributed by atoms with Gasteiger partial charge in [-0.15, -0.1) is 0 Å². The van der Waals surface area contributed by atoms with E-state index in [0.29, 0.717) is 17.0 Å². The van der Waals surface area contributed by atoms with E-state index in [4.69, 9.17) is 4.74 Å². The van der Waals surface area contributed by atoms with Crippen LogP contribution < -0.4 is 10.6 Å². The monoisotopic (exact) mass is 364 g/mol. The number of rotatable bonds is 6. The van der Waals surface area contributed by atoms with Gasteiger partial charge in [0.05, 0.1) is 7.11 Å². The summed E-state index contributed by atoms with van der Waals surface area (Å²) in [7, 11) is -1.90. The van der Waals surface area contributed by atoms with Gasteiger partial charge >= 0.3 is 5.97 Å². The van der Waals surface area contributed by atoms with Gasteiger partial charge in [-0.3, -0.25) is 4.79 Å². The Morgan fingerprint density at radius 2 is 1.23 bits per heavy atom. The van der Waals surface area contributed by atoms with E-state index in [9.17, 15) is 9.36 Å². The minimum atomic E-state index is -3.25. The Balaban J connectivity index is 2.17. The minimum absolute atomic E-state index is 0.356. The summed E-state index contributed by atoms with van der Waals surface area (Å²) in [6, 6.07) is 28.1. The van der Waals surface area contributed by atoms with Crippen LogP contribution in [0.5, 0.6) is 0 Å². The number of benzene rings is 3. The molecule has 0 aliphatic carbocycles. The van der Waals surface area contributed by atoms with Crippen LogP contribution in [0.4, 0.5) is 0 Å². The maximum absolute atomic E-state index is 14.4. The topological polar surface area (TPSA) is 43.4 Å². The lowest BCUT2D eigenvalue weighted by atomic mass is 10.1. The summed E-state index contributed by atoms with van der Waals surface area (Å²) < 4.78 is 19.5. The third-order valence-electron chi connectivity index (χ3n) is 4.46. The van der Waals surface area contributed by atoms with E-state index >= 15 is 0 Å². The van der Waals surface area contributed by atoms with E-state index in [1.54, 1.807) is 0 Å². The minimum Gasteiger partial charge on any atom is -0.468 e. The van der Waals surface area contributed by atoms with Crippen LogP contribution in [0.3, 0.4) is 0 Å². The van der Waals surface area contributed by atoms with Crippen molar-refractivity contribution in [1.29, 1.82) is 0 Å². The van der Waals surface area contributed by atoms with E-state index < -0.39 is 18.8 Å². The SMILES string of the molecule is COC(=O)[C@@H](Cc1ccccc1)P(=O)(c1ccccc1)c1ccccc1. The molecular formula is C22H21O3P. The molecule has 0 fully saturated rings. The van der Waals surface area contributed by atoms with Gasteiger partial charge in [-0.2, -0.15) is 0 Å². The second-order valence-corrected chi connectivity index (χ2v) is 9.03. The molecule has 3 rings (SSSR count).